The fraction of sp³-hybridized carbons (Fsp3) is 0.444. The summed E-state index contributed by atoms with van der Waals surface area (Å²) in [7, 11) is 0. The number of amides is 1. The first-order valence-electron chi connectivity index (χ1n) is 12.2. The number of nitrogens with one attached hydrogen (secondary N) is 1. The van der Waals surface area contributed by atoms with Crippen LogP contribution >= 0.6 is 0 Å². The zero-order chi connectivity index (χ0) is 23.9. The van der Waals surface area contributed by atoms with Crippen LogP contribution in [0.25, 0.3) is 0 Å². The minimum Gasteiger partial charge on any atom is -0.484 e. The predicted molar refractivity (Wildman–Crippen MR) is 132 cm³/mol. The number of aromatic nitrogens is 3. The van der Waals surface area contributed by atoms with Crippen molar-refractivity contribution < 1.29 is 9.53 Å². The number of benzene rings is 2. The lowest BCUT2D eigenvalue weighted by Crippen LogP contribution is -2.33. The Morgan fingerprint density at radius 1 is 0.971 bits per heavy atom. The topological polar surface area (TPSA) is 72.3 Å². The van der Waals surface area contributed by atoms with Crippen molar-refractivity contribution in [3.63, 3.8) is 0 Å². The number of nitrogens with zero attached hydrogens (tertiary/aromatic N) is 4. The molecule has 0 fully saturated rings. The minimum atomic E-state index is -0.242. The number of carbonyl (C=O) groups is 1. The van der Waals surface area contributed by atoms with Crippen molar-refractivity contribution in [2.75, 3.05) is 19.7 Å². The van der Waals surface area contributed by atoms with E-state index in [2.05, 4.69) is 63.1 Å². The van der Waals surface area contributed by atoms with Crippen molar-refractivity contribution in [3.8, 4) is 5.75 Å². The van der Waals surface area contributed by atoms with Crippen LogP contribution in [0, 0.1) is 5.92 Å². The molecule has 0 aliphatic carbocycles. The molecule has 0 spiro atoms. The highest BCUT2D eigenvalue weighted by molar-refractivity contribution is 5.77. The van der Waals surface area contributed by atoms with Gasteiger partial charge < -0.3 is 14.6 Å². The number of para-hydroxylation sites is 1. The molecule has 1 aromatic heterocycles. The molecule has 7 heteroatoms. The molecule has 1 aliphatic heterocycles. The Kier molecular flexibility index (Phi) is 7.95. The first kappa shape index (κ1) is 24.0. The SMILES string of the molecule is CC(C)Cc1ccc(CN2CCc3nnc([C@@H](C)NC(=O)COc4ccccc4)n3CC2)cc1. The molecular formula is C27H35N5O2. The quantitative estimate of drug-likeness (QED) is 0.525. The normalized spacial score (nSPS) is 14.9. The van der Waals surface area contributed by atoms with Gasteiger partial charge in [0.1, 0.15) is 11.6 Å². The van der Waals surface area contributed by atoms with Crippen molar-refractivity contribution in [3.05, 3.63) is 77.4 Å². The second-order valence-corrected chi connectivity index (χ2v) is 9.46. The van der Waals surface area contributed by atoms with Gasteiger partial charge in [0.15, 0.2) is 12.4 Å². The Morgan fingerprint density at radius 3 is 2.44 bits per heavy atom. The van der Waals surface area contributed by atoms with Gasteiger partial charge in [-0.15, -0.1) is 10.2 Å². The largest absolute Gasteiger partial charge is 0.484 e. The zero-order valence-corrected chi connectivity index (χ0v) is 20.4. The van der Waals surface area contributed by atoms with Crippen LogP contribution in [-0.2, 0) is 30.7 Å². The highest BCUT2D eigenvalue weighted by Gasteiger charge is 2.23. The number of rotatable bonds is 9. The van der Waals surface area contributed by atoms with Crippen molar-refractivity contribution in [2.24, 2.45) is 5.92 Å². The van der Waals surface area contributed by atoms with E-state index in [1.807, 2.05) is 37.3 Å². The number of hydrogen-bond acceptors (Lipinski definition) is 5. The molecule has 1 aliphatic rings. The molecular weight excluding hydrogens is 426 g/mol. The van der Waals surface area contributed by atoms with E-state index in [9.17, 15) is 4.79 Å². The summed E-state index contributed by atoms with van der Waals surface area (Å²) in [6.07, 6.45) is 1.96. The van der Waals surface area contributed by atoms with Crippen LogP contribution in [0.2, 0.25) is 0 Å². The molecule has 3 aromatic rings. The third-order valence-electron chi connectivity index (χ3n) is 6.10. The maximum atomic E-state index is 12.4. The van der Waals surface area contributed by atoms with Gasteiger partial charge in [-0.3, -0.25) is 9.69 Å². The van der Waals surface area contributed by atoms with Crippen LogP contribution in [0.4, 0.5) is 0 Å². The van der Waals surface area contributed by atoms with E-state index >= 15 is 0 Å². The molecule has 0 radical (unpaired) electrons. The van der Waals surface area contributed by atoms with E-state index in [1.54, 1.807) is 0 Å². The Morgan fingerprint density at radius 2 is 1.71 bits per heavy atom. The van der Waals surface area contributed by atoms with Gasteiger partial charge in [0.2, 0.25) is 0 Å². The van der Waals surface area contributed by atoms with Crippen LogP contribution in [0.5, 0.6) is 5.75 Å². The van der Waals surface area contributed by atoms with Gasteiger partial charge in [0.05, 0.1) is 6.04 Å². The first-order valence-corrected chi connectivity index (χ1v) is 12.2. The summed E-state index contributed by atoms with van der Waals surface area (Å²) in [5.41, 5.74) is 2.74. The highest BCUT2D eigenvalue weighted by atomic mass is 16.5. The summed E-state index contributed by atoms with van der Waals surface area (Å²) in [4.78, 5) is 14.9. The number of carbonyl (C=O) groups excluding carboxylic acids is 1. The standard InChI is InChI=1S/C27H35N5O2/c1-20(2)17-22-9-11-23(12-10-22)18-31-14-13-25-29-30-27(32(25)16-15-31)21(3)28-26(33)19-34-24-7-5-4-6-8-24/h4-12,20-21H,13-19H2,1-3H3,(H,28,33)/t21-/m1/s1. The molecule has 0 saturated heterocycles. The maximum Gasteiger partial charge on any atom is 0.258 e. The summed E-state index contributed by atoms with van der Waals surface area (Å²) in [6.45, 7) is 10.0. The van der Waals surface area contributed by atoms with Crippen LogP contribution in [-0.4, -0.2) is 45.3 Å². The van der Waals surface area contributed by atoms with Gasteiger partial charge >= 0.3 is 0 Å². The van der Waals surface area contributed by atoms with Crippen LogP contribution < -0.4 is 10.1 Å². The molecule has 0 bridgehead atoms. The van der Waals surface area contributed by atoms with Gasteiger partial charge in [-0.25, -0.2) is 0 Å². The molecule has 1 atom stereocenters. The molecule has 2 aromatic carbocycles. The lowest BCUT2D eigenvalue weighted by molar-refractivity contribution is -0.123. The third-order valence-corrected chi connectivity index (χ3v) is 6.10. The van der Waals surface area contributed by atoms with Crippen LogP contribution in [0.3, 0.4) is 0 Å². The third kappa shape index (κ3) is 6.44. The number of hydrogen-bond donors (Lipinski definition) is 1. The first-order chi connectivity index (χ1) is 16.5. The van der Waals surface area contributed by atoms with Crippen molar-refractivity contribution in [1.82, 2.24) is 25.0 Å². The van der Waals surface area contributed by atoms with E-state index < -0.39 is 0 Å². The van der Waals surface area contributed by atoms with Crippen molar-refractivity contribution in [2.45, 2.75) is 52.7 Å². The number of fused-ring (bicyclic) bond motifs is 1. The van der Waals surface area contributed by atoms with E-state index in [1.165, 1.54) is 11.1 Å². The van der Waals surface area contributed by atoms with E-state index in [0.29, 0.717) is 11.7 Å². The van der Waals surface area contributed by atoms with Crippen LogP contribution in [0.1, 0.15) is 49.6 Å². The summed E-state index contributed by atoms with van der Waals surface area (Å²) in [5.74, 6) is 2.95. The minimum absolute atomic E-state index is 0.0287. The lowest BCUT2D eigenvalue weighted by atomic mass is 10.0. The van der Waals surface area contributed by atoms with Gasteiger partial charge in [-0.05, 0) is 42.5 Å². The second kappa shape index (κ2) is 11.3. The summed E-state index contributed by atoms with van der Waals surface area (Å²) in [5, 5.41) is 11.8. The molecule has 34 heavy (non-hydrogen) atoms. The smallest absolute Gasteiger partial charge is 0.258 e. The Labute approximate surface area is 202 Å². The average Bonchev–Trinajstić information content (AvgIpc) is 3.14. The molecule has 2 heterocycles. The second-order valence-electron chi connectivity index (χ2n) is 9.46. The molecule has 0 unspecified atom stereocenters. The van der Waals surface area contributed by atoms with Gasteiger partial charge in [-0.1, -0.05) is 56.3 Å². The molecule has 1 N–H and O–H groups in total. The van der Waals surface area contributed by atoms with E-state index in [-0.39, 0.29) is 18.6 Å². The van der Waals surface area contributed by atoms with Gasteiger partial charge in [-0.2, -0.15) is 0 Å². The van der Waals surface area contributed by atoms with E-state index in [4.69, 9.17) is 4.74 Å². The lowest BCUT2D eigenvalue weighted by Gasteiger charge is -2.20. The molecule has 1 amide bonds. The molecule has 4 rings (SSSR count). The fourth-order valence-electron chi connectivity index (χ4n) is 4.39. The molecule has 180 valence electrons. The summed E-state index contributed by atoms with van der Waals surface area (Å²) >= 11 is 0. The fourth-order valence-corrected chi connectivity index (χ4v) is 4.39. The highest BCUT2D eigenvalue weighted by Crippen LogP contribution is 2.18. The zero-order valence-electron chi connectivity index (χ0n) is 20.4. The number of ether oxygens (including phenoxy) is 1. The maximum absolute atomic E-state index is 12.4. The van der Waals surface area contributed by atoms with Gasteiger partial charge in [0, 0.05) is 32.6 Å². The average molecular weight is 462 g/mol. The summed E-state index contributed by atoms with van der Waals surface area (Å²) in [6, 6.07) is 18.1. The molecule has 0 saturated carbocycles. The van der Waals surface area contributed by atoms with E-state index in [0.717, 1.165) is 50.7 Å². The van der Waals surface area contributed by atoms with Crippen molar-refractivity contribution >= 4 is 5.91 Å². The Balaban J connectivity index is 1.30. The monoisotopic (exact) mass is 461 g/mol. The van der Waals surface area contributed by atoms with Crippen molar-refractivity contribution in [1.29, 1.82) is 0 Å². The van der Waals surface area contributed by atoms with Crippen LogP contribution in [0.15, 0.2) is 54.6 Å². The Bertz CT molecular complexity index is 1060. The van der Waals surface area contributed by atoms with Gasteiger partial charge in [0.25, 0.3) is 5.91 Å². The molecule has 7 nitrogen and oxygen atoms in total. The summed E-state index contributed by atoms with van der Waals surface area (Å²) < 4.78 is 7.72. The Hall–Kier alpha value is -3.19. The predicted octanol–water partition coefficient (Wildman–Crippen LogP) is 3.79.